The quantitative estimate of drug-likeness (QED) is 0.581. The number of unbranched alkanes of at least 4 members (excludes halogenated alkanes) is 1. The normalized spacial score (nSPS) is 24.0. The number of aliphatic carboxylic acids is 1. The largest absolute Gasteiger partial charge is 0.480 e. The highest BCUT2D eigenvalue weighted by Crippen LogP contribution is 2.51. The molecule has 1 saturated carbocycles. The molecule has 3 nitrogen and oxygen atoms in total. The van der Waals surface area contributed by atoms with Crippen molar-refractivity contribution in [2.75, 3.05) is 0 Å². The minimum Gasteiger partial charge on any atom is -0.480 e. The predicted octanol–water partition coefficient (Wildman–Crippen LogP) is 6.58. The molecule has 3 unspecified atom stereocenters. The number of hydrogen-bond donors (Lipinski definition) is 1. The molecule has 0 amide bonds. The molecule has 3 rings (SSSR count). The molecule has 0 aliphatic heterocycles. The minimum absolute atomic E-state index is 0.225. The summed E-state index contributed by atoms with van der Waals surface area (Å²) in [5, 5.41) is 19.8. The third-order valence-corrected chi connectivity index (χ3v) is 6.63. The maximum atomic E-state index is 12.1. The van der Waals surface area contributed by atoms with Gasteiger partial charge in [-0.05, 0) is 53.9 Å². The molecular weight excluding hydrogens is 358 g/mol. The van der Waals surface area contributed by atoms with Crippen molar-refractivity contribution in [3.8, 4) is 17.2 Å². The lowest BCUT2D eigenvalue weighted by Gasteiger charge is -2.41. The van der Waals surface area contributed by atoms with Crippen LogP contribution in [0.4, 0.5) is 0 Å². The van der Waals surface area contributed by atoms with Crippen molar-refractivity contribution in [2.45, 2.75) is 64.7 Å². The van der Waals surface area contributed by atoms with E-state index in [1.165, 1.54) is 18.4 Å². The van der Waals surface area contributed by atoms with E-state index in [0.717, 1.165) is 42.4 Å². The van der Waals surface area contributed by atoms with Gasteiger partial charge in [0.15, 0.2) is 5.41 Å². The Kier molecular flexibility index (Phi) is 6.75. The van der Waals surface area contributed by atoms with Crippen LogP contribution in [0, 0.1) is 22.7 Å². The second-order valence-electron chi connectivity index (χ2n) is 8.35. The molecule has 1 aliphatic carbocycles. The lowest BCUT2D eigenvalue weighted by molar-refractivity contribution is -0.149. The summed E-state index contributed by atoms with van der Waals surface area (Å²) in [7, 11) is 0. The Morgan fingerprint density at radius 1 is 1.10 bits per heavy atom. The van der Waals surface area contributed by atoms with Gasteiger partial charge < -0.3 is 5.11 Å². The highest BCUT2D eigenvalue weighted by molar-refractivity contribution is 5.80. The fourth-order valence-corrected chi connectivity index (χ4v) is 4.91. The first-order chi connectivity index (χ1) is 14.1. The van der Waals surface area contributed by atoms with E-state index in [1.807, 2.05) is 12.1 Å². The zero-order valence-corrected chi connectivity index (χ0v) is 17.5. The van der Waals surface area contributed by atoms with E-state index in [1.54, 1.807) is 0 Å². The molecule has 0 radical (unpaired) electrons. The molecule has 1 aliphatic rings. The number of carboxylic acid groups (broad SMARTS) is 1. The van der Waals surface area contributed by atoms with Gasteiger partial charge in [0.05, 0.1) is 6.07 Å². The van der Waals surface area contributed by atoms with Crippen molar-refractivity contribution >= 4 is 5.97 Å². The summed E-state index contributed by atoms with van der Waals surface area (Å²) in [4.78, 5) is 12.1. The van der Waals surface area contributed by atoms with E-state index in [9.17, 15) is 15.2 Å². The van der Waals surface area contributed by atoms with E-state index in [0.29, 0.717) is 6.42 Å². The molecule has 0 aromatic heterocycles. The molecule has 29 heavy (non-hydrogen) atoms. The van der Waals surface area contributed by atoms with Crippen LogP contribution in [0.1, 0.15) is 69.4 Å². The number of nitriles is 1. The third-order valence-electron chi connectivity index (χ3n) is 6.63. The smallest absolute Gasteiger partial charge is 0.324 e. The summed E-state index contributed by atoms with van der Waals surface area (Å²) in [6, 6.07) is 19.1. The highest BCUT2D eigenvalue weighted by Gasteiger charge is 2.52. The Labute approximate surface area is 174 Å². The van der Waals surface area contributed by atoms with Crippen LogP contribution in [0.3, 0.4) is 0 Å². The van der Waals surface area contributed by atoms with Crippen LogP contribution in [-0.2, 0) is 11.2 Å². The van der Waals surface area contributed by atoms with Crippen LogP contribution in [0.2, 0.25) is 0 Å². The van der Waals surface area contributed by atoms with Gasteiger partial charge >= 0.3 is 5.97 Å². The maximum Gasteiger partial charge on any atom is 0.324 e. The molecule has 3 atom stereocenters. The lowest BCUT2D eigenvalue weighted by Crippen LogP contribution is -2.42. The summed E-state index contributed by atoms with van der Waals surface area (Å²) in [5.74, 6) is -1.01. The second-order valence-corrected chi connectivity index (χ2v) is 8.35. The molecule has 152 valence electrons. The van der Waals surface area contributed by atoms with Crippen molar-refractivity contribution in [1.82, 2.24) is 0 Å². The first-order valence-corrected chi connectivity index (χ1v) is 10.9. The van der Waals surface area contributed by atoms with E-state index in [-0.39, 0.29) is 11.8 Å². The number of carboxylic acids is 1. The monoisotopic (exact) mass is 389 g/mol. The fourth-order valence-electron chi connectivity index (χ4n) is 4.91. The second kappa shape index (κ2) is 9.27. The molecule has 1 fully saturated rings. The summed E-state index contributed by atoms with van der Waals surface area (Å²) in [5.41, 5.74) is 3.31. The van der Waals surface area contributed by atoms with Crippen LogP contribution >= 0.6 is 0 Å². The van der Waals surface area contributed by atoms with Crippen molar-refractivity contribution in [3.63, 3.8) is 0 Å². The summed E-state index contributed by atoms with van der Waals surface area (Å²) in [6.45, 7) is 4.30. The zero-order valence-electron chi connectivity index (χ0n) is 17.5. The molecule has 3 heteroatoms. The number of hydrogen-bond acceptors (Lipinski definition) is 2. The van der Waals surface area contributed by atoms with E-state index < -0.39 is 11.4 Å². The van der Waals surface area contributed by atoms with Crippen LogP contribution < -0.4 is 0 Å². The zero-order chi connectivity index (χ0) is 20.9. The topological polar surface area (TPSA) is 61.1 Å². The summed E-state index contributed by atoms with van der Waals surface area (Å²) >= 11 is 0. The Hall–Kier alpha value is -2.60. The standard InChI is InChI=1S/C26H31NO2/c1-3-5-7-19-9-11-21(12-10-19)22-13-15-23(16-14-22)24-20(4-2)8-6-17-26(24,18-27)25(28)29/h9-16,20,24H,3-8,17H2,1-2H3,(H,28,29). The van der Waals surface area contributed by atoms with Crippen molar-refractivity contribution in [3.05, 3.63) is 59.7 Å². The van der Waals surface area contributed by atoms with Gasteiger partial charge in [-0.1, -0.05) is 81.6 Å². The lowest BCUT2D eigenvalue weighted by atomic mass is 9.59. The first kappa shape index (κ1) is 21.1. The van der Waals surface area contributed by atoms with E-state index in [2.05, 4.69) is 56.3 Å². The number of carbonyl (C=O) groups is 1. The first-order valence-electron chi connectivity index (χ1n) is 10.9. The number of aryl methyl sites for hydroxylation is 1. The van der Waals surface area contributed by atoms with Gasteiger partial charge in [0.2, 0.25) is 0 Å². The Morgan fingerprint density at radius 2 is 1.72 bits per heavy atom. The molecule has 0 bridgehead atoms. The van der Waals surface area contributed by atoms with Gasteiger partial charge in [-0.15, -0.1) is 0 Å². The predicted molar refractivity (Wildman–Crippen MR) is 117 cm³/mol. The van der Waals surface area contributed by atoms with Crippen LogP contribution in [-0.4, -0.2) is 11.1 Å². The average molecular weight is 390 g/mol. The van der Waals surface area contributed by atoms with Gasteiger partial charge in [-0.2, -0.15) is 5.26 Å². The molecule has 2 aromatic carbocycles. The van der Waals surface area contributed by atoms with Crippen molar-refractivity contribution in [1.29, 1.82) is 5.26 Å². The molecule has 1 N–H and O–H groups in total. The van der Waals surface area contributed by atoms with Gasteiger partial charge in [-0.25, -0.2) is 0 Å². The van der Waals surface area contributed by atoms with Gasteiger partial charge in [0, 0.05) is 5.92 Å². The SMILES string of the molecule is CCCCc1ccc(-c2ccc(C3C(CC)CCCC3(C#N)C(=O)O)cc2)cc1. The van der Waals surface area contributed by atoms with Crippen LogP contribution in [0.25, 0.3) is 11.1 Å². The maximum absolute atomic E-state index is 12.1. The fraction of sp³-hybridized carbons (Fsp3) is 0.462. The Balaban J connectivity index is 1.89. The molecule has 0 heterocycles. The summed E-state index contributed by atoms with van der Waals surface area (Å²) in [6.07, 6.45) is 6.63. The molecular formula is C26H31NO2. The third kappa shape index (κ3) is 4.22. The van der Waals surface area contributed by atoms with Crippen LogP contribution in [0.15, 0.2) is 48.5 Å². The van der Waals surface area contributed by atoms with Gasteiger partial charge in [-0.3, -0.25) is 4.79 Å². The number of nitrogens with zero attached hydrogens (tertiary/aromatic N) is 1. The van der Waals surface area contributed by atoms with E-state index in [4.69, 9.17) is 0 Å². The minimum atomic E-state index is -1.32. The van der Waals surface area contributed by atoms with Crippen LogP contribution in [0.5, 0.6) is 0 Å². The van der Waals surface area contributed by atoms with Crippen molar-refractivity contribution in [2.24, 2.45) is 11.3 Å². The molecule has 2 aromatic rings. The number of rotatable bonds is 7. The van der Waals surface area contributed by atoms with Gasteiger partial charge in [0.1, 0.15) is 0 Å². The molecule has 0 spiro atoms. The van der Waals surface area contributed by atoms with Crippen molar-refractivity contribution < 1.29 is 9.90 Å². The average Bonchev–Trinajstić information content (AvgIpc) is 2.77. The van der Waals surface area contributed by atoms with Gasteiger partial charge in [0.25, 0.3) is 0 Å². The number of benzene rings is 2. The highest BCUT2D eigenvalue weighted by atomic mass is 16.4. The Morgan fingerprint density at radius 3 is 2.24 bits per heavy atom. The summed E-state index contributed by atoms with van der Waals surface area (Å²) < 4.78 is 0. The van der Waals surface area contributed by atoms with E-state index >= 15 is 0 Å². The Bertz CT molecular complexity index is 863. The molecule has 0 saturated heterocycles.